The predicted molar refractivity (Wildman–Crippen MR) is 69.3 cm³/mol. The molecule has 0 spiro atoms. The number of aliphatic carboxylic acids is 1. The molecule has 18 heavy (non-hydrogen) atoms. The van der Waals surface area contributed by atoms with Crippen molar-refractivity contribution in [3.05, 3.63) is 48.6 Å². The van der Waals surface area contributed by atoms with Crippen molar-refractivity contribution < 1.29 is 14.7 Å². The summed E-state index contributed by atoms with van der Waals surface area (Å²) in [7, 11) is 0. The first kappa shape index (κ1) is 14.0. The molecule has 4 heteroatoms. The van der Waals surface area contributed by atoms with Gasteiger partial charge in [0.2, 0.25) is 5.91 Å². The molecule has 0 aliphatic carbocycles. The summed E-state index contributed by atoms with van der Waals surface area (Å²) in [5.74, 6) is -1.58. The highest BCUT2D eigenvalue weighted by atomic mass is 16.4. The number of amides is 1. The fraction of sp³-hybridized carbons (Fsp3) is 0.286. The molecule has 1 aromatic rings. The van der Waals surface area contributed by atoms with Gasteiger partial charge < -0.3 is 10.0 Å². The van der Waals surface area contributed by atoms with Gasteiger partial charge in [-0.05, 0) is 12.5 Å². The number of benzene rings is 1. The van der Waals surface area contributed by atoms with E-state index in [1.54, 1.807) is 6.92 Å². The van der Waals surface area contributed by atoms with Crippen LogP contribution in [0, 0.1) is 0 Å². The molecule has 0 aromatic heterocycles. The van der Waals surface area contributed by atoms with Gasteiger partial charge in [-0.2, -0.15) is 0 Å². The number of carbonyl (C=O) groups is 2. The largest absolute Gasteiger partial charge is 0.480 e. The molecule has 96 valence electrons. The molecule has 1 unspecified atom stereocenters. The molecule has 1 amide bonds. The zero-order valence-corrected chi connectivity index (χ0v) is 10.4. The molecule has 0 bridgehead atoms. The number of carboxylic acids is 1. The van der Waals surface area contributed by atoms with Crippen LogP contribution in [0.2, 0.25) is 0 Å². The van der Waals surface area contributed by atoms with Crippen molar-refractivity contribution in [1.29, 1.82) is 0 Å². The van der Waals surface area contributed by atoms with Gasteiger partial charge >= 0.3 is 5.97 Å². The van der Waals surface area contributed by atoms with Crippen molar-refractivity contribution in [2.24, 2.45) is 0 Å². The highest BCUT2D eigenvalue weighted by Gasteiger charge is 2.22. The number of carbonyl (C=O) groups excluding carboxylic acids is 1. The van der Waals surface area contributed by atoms with Crippen molar-refractivity contribution in [3.63, 3.8) is 0 Å². The average molecular weight is 247 g/mol. The number of carboxylic acid groups (broad SMARTS) is 1. The lowest BCUT2D eigenvalue weighted by atomic mass is 10.00. The van der Waals surface area contributed by atoms with Gasteiger partial charge in [-0.3, -0.25) is 9.59 Å². The van der Waals surface area contributed by atoms with Crippen molar-refractivity contribution >= 4 is 11.9 Å². The van der Waals surface area contributed by atoms with Gasteiger partial charge in [0.25, 0.3) is 0 Å². The van der Waals surface area contributed by atoms with E-state index in [2.05, 4.69) is 6.58 Å². The van der Waals surface area contributed by atoms with Crippen LogP contribution < -0.4 is 0 Å². The van der Waals surface area contributed by atoms with E-state index in [9.17, 15) is 9.59 Å². The lowest BCUT2D eigenvalue weighted by Crippen LogP contribution is -2.38. The summed E-state index contributed by atoms with van der Waals surface area (Å²) < 4.78 is 0. The molecule has 1 rings (SSSR count). The number of rotatable bonds is 6. The van der Waals surface area contributed by atoms with Crippen molar-refractivity contribution in [3.8, 4) is 0 Å². The second-order valence-corrected chi connectivity index (χ2v) is 4.03. The molecule has 0 saturated heterocycles. The Bertz CT molecular complexity index is 428. The van der Waals surface area contributed by atoms with Crippen LogP contribution in [-0.2, 0) is 9.59 Å². The fourth-order valence-electron chi connectivity index (χ4n) is 1.71. The zero-order valence-electron chi connectivity index (χ0n) is 10.4. The number of nitrogens with zero attached hydrogens (tertiary/aromatic N) is 1. The molecule has 1 aromatic carbocycles. The molecule has 4 nitrogen and oxygen atoms in total. The first-order valence-electron chi connectivity index (χ1n) is 5.72. The Morgan fingerprint density at radius 3 is 2.50 bits per heavy atom. The summed E-state index contributed by atoms with van der Waals surface area (Å²) in [6.45, 7) is 5.24. The summed E-state index contributed by atoms with van der Waals surface area (Å²) >= 11 is 0. The summed E-state index contributed by atoms with van der Waals surface area (Å²) in [4.78, 5) is 24.2. The Balaban J connectivity index is 2.82. The van der Waals surface area contributed by atoms with Crippen LogP contribution in [0.5, 0.6) is 0 Å². The van der Waals surface area contributed by atoms with Crippen molar-refractivity contribution in [2.75, 3.05) is 13.1 Å². The quantitative estimate of drug-likeness (QED) is 0.781. The minimum Gasteiger partial charge on any atom is -0.480 e. The van der Waals surface area contributed by atoms with E-state index in [1.165, 1.54) is 11.0 Å². The molecule has 0 heterocycles. The zero-order chi connectivity index (χ0) is 13.5. The van der Waals surface area contributed by atoms with Crippen LogP contribution in [-0.4, -0.2) is 35.0 Å². The third-order valence-electron chi connectivity index (χ3n) is 2.66. The van der Waals surface area contributed by atoms with Gasteiger partial charge in [0.15, 0.2) is 0 Å². The fourth-order valence-corrected chi connectivity index (χ4v) is 1.71. The van der Waals surface area contributed by atoms with E-state index >= 15 is 0 Å². The van der Waals surface area contributed by atoms with Gasteiger partial charge in [-0.1, -0.05) is 36.4 Å². The van der Waals surface area contributed by atoms with Crippen LogP contribution >= 0.6 is 0 Å². The van der Waals surface area contributed by atoms with Crippen LogP contribution in [0.15, 0.2) is 43.0 Å². The van der Waals surface area contributed by atoms with Crippen LogP contribution in [0.4, 0.5) is 0 Å². The summed E-state index contributed by atoms with van der Waals surface area (Å²) in [5.41, 5.74) is 0.877. The molecular weight excluding hydrogens is 230 g/mol. The first-order valence-corrected chi connectivity index (χ1v) is 5.72. The standard InChI is InChI=1S/C14H17NO3/c1-3-9-15(10-13(16)17)14(18)11(2)12-7-5-4-6-8-12/h3-8,11H,1,9-10H2,2H3,(H,16,17). The predicted octanol–water partition coefficient (Wildman–Crippen LogP) is 1.89. The second-order valence-electron chi connectivity index (χ2n) is 4.03. The minimum atomic E-state index is -1.02. The Kier molecular flexibility index (Phi) is 5.11. The van der Waals surface area contributed by atoms with Gasteiger partial charge in [-0.25, -0.2) is 0 Å². The minimum absolute atomic E-state index is 0.205. The van der Waals surface area contributed by atoms with Crippen LogP contribution in [0.1, 0.15) is 18.4 Å². The molecular formula is C14H17NO3. The Hall–Kier alpha value is -2.10. The molecule has 1 N–H and O–H groups in total. The maximum atomic E-state index is 12.2. The normalized spacial score (nSPS) is 11.6. The number of hydrogen-bond donors (Lipinski definition) is 1. The Morgan fingerprint density at radius 2 is 2.00 bits per heavy atom. The van der Waals surface area contributed by atoms with Crippen LogP contribution in [0.3, 0.4) is 0 Å². The maximum Gasteiger partial charge on any atom is 0.323 e. The van der Waals surface area contributed by atoms with Gasteiger partial charge in [0, 0.05) is 6.54 Å². The lowest BCUT2D eigenvalue weighted by Gasteiger charge is -2.23. The third kappa shape index (κ3) is 3.73. The Morgan fingerprint density at radius 1 is 1.39 bits per heavy atom. The molecule has 0 saturated carbocycles. The summed E-state index contributed by atoms with van der Waals surface area (Å²) in [5, 5.41) is 8.78. The van der Waals surface area contributed by atoms with Gasteiger partial charge in [0.1, 0.15) is 6.54 Å². The topological polar surface area (TPSA) is 57.6 Å². The van der Waals surface area contributed by atoms with E-state index < -0.39 is 5.97 Å². The van der Waals surface area contributed by atoms with Gasteiger partial charge in [-0.15, -0.1) is 6.58 Å². The maximum absolute atomic E-state index is 12.2. The van der Waals surface area contributed by atoms with E-state index in [4.69, 9.17) is 5.11 Å². The molecule has 0 aliphatic heterocycles. The molecule has 1 atom stereocenters. The van der Waals surface area contributed by atoms with Crippen LogP contribution in [0.25, 0.3) is 0 Å². The highest BCUT2D eigenvalue weighted by molar-refractivity contribution is 5.86. The third-order valence-corrected chi connectivity index (χ3v) is 2.66. The second kappa shape index (κ2) is 6.59. The molecule has 0 aliphatic rings. The van der Waals surface area contributed by atoms with E-state index in [1.807, 2.05) is 30.3 Å². The van der Waals surface area contributed by atoms with E-state index in [-0.39, 0.29) is 24.9 Å². The summed E-state index contributed by atoms with van der Waals surface area (Å²) in [6, 6.07) is 9.30. The van der Waals surface area contributed by atoms with Gasteiger partial charge in [0.05, 0.1) is 5.92 Å². The lowest BCUT2D eigenvalue weighted by molar-refractivity contribution is -0.144. The molecule has 0 fully saturated rings. The van der Waals surface area contributed by atoms with E-state index in [0.29, 0.717) is 0 Å². The van der Waals surface area contributed by atoms with Crippen molar-refractivity contribution in [1.82, 2.24) is 4.90 Å². The SMILES string of the molecule is C=CCN(CC(=O)O)C(=O)C(C)c1ccccc1. The molecule has 0 radical (unpaired) electrons. The average Bonchev–Trinajstić information content (AvgIpc) is 2.37. The number of hydrogen-bond acceptors (Lipinski definition) is 2. The first-order chi connectivity index (χ1) is 8.56. The monoisotopic (exact) mass is 247 g/mol. The van der Waals surface area contributed by atoms with Crippen molar-refractivity contribution in [2.45, 2.75) is 12.8 Å². The Labute approximate surface area is 107 Å². The summed E-state index contributed by atoms with van der Waals surface area (Å²) in [6.07, 6.45) is 1.53. The smallest absolute Gasteiger partial charge is 0.323 e. The van der Waals surface area contributed by atoms with E-state index in [0.717, 1.165) is 5.56 Å². The highest BCUT2D eigenvalue weighted by Crippen LogP contribution is 2.17.